The van der Waals surface area contributed by atoms with E-state index in [2.05, 4.69) is 24.1 Å². The summed E-state index contributed by atoms with van der Waals surface area (Å²) in [5.74, 6) is 0.934. The van der Waals surface area contributed by atoms with Crippen LogP contribution in [0, 0.1) is 5.92 Å². The Balaban J connectivity index is 1.68. The minimum absolute atomic E-state index is 0.415. The SMILES string of the molecule is C[C@@H]1CN(CCC2CNC2)C[C@H](C)O1. The molecule has 82 valence electrons. The summed E-state index contributed by atoms with van der Waals surface area (Å²) < 4.78 is 5.71. The molecule has 2 saturated heterocycles. The van der Waals surface area contributed by atoms with Gasteiger partial charge in [0.1, 0.15) is 0 Å². The van der Waals surface area contributed by atoms with Gasteiger partial charge in [0.15, 0.2) is 0 Å². The molecule has 0 unspecified atom stereocenters. The monoisotopic (exact) mass is 198 g/mol. The van der Waals surface area contributed by atoms with Crippen molar-refractivity contribution < 1.29 is 4.74 Å². The number of morpholine rings is 1. The van der Waals surface area contributed by atoms with E-state index >= 15 is 0 Å². The van der Waals surface area contributed by atoms with Crippen LogP contribution >= 0.6 is 0 Å². The lowest BCUT2D eigenvalue weighted by Crippen LogP contribution is -2.48. The first kappa shape index (κ1) is 10.4. The van der Waals surface area contributed by atoms with Crippen LogP contribution in [0.3, 0.4) is 0 Å². The molecule has 1 N–H and O–H groups in total. The maximum Gasteiger partial charge on any atom is 0.0678 e. The molecule has 2 rings (SSSR count). The standard InChI is InChI=1S/C11H22N2O/c1-9-7-13(8-10(2)14-9)4-3-11-5-12-6-11/h9-12H,3-8H2,1-2H3/t9-,10+. The first-order valence-electron chi connectivity index (χ1n) is 5.82. The molecule has 0 aliphatic carbocycles. The summed E-state index contributed by atoms with van der Waals surface area (Å²) in [7, 11) is 0. The van der Waals surface area contributed by atoms with E-state index in [9.17, 15) is 0 Å². The van der Waals surface area contributed by atoms with Crippen LogP contribution in [0.5, 0.6) is 0 Å². The Bertz CT molecular complexity index is 172. The summed E-state index contributed by atoms with van der Waals surface area (Å²) in [6.45, 7) is 10.3. The summed E-state index contributed by atoms with van der Waals surface area (Å²) in [4.78, 5) is 2.55. The maximum atomic E-state index is 5.71. The van der Waals surface area contributed by atoms with Gasteiger partial charge < -0.3 is 10.1 Å². The Morgan fingerprint density at radius 2 is 1.86 bits per heavy atom. The highest BCUT2D eigenvalue weighted by Gasteiger charge is 2.23. The second-order valence-corrected chi connectivity index (χ2v) is 4.83. The van der Waals surface area contributed by atoms with E-state index < -0.39 is 0 Å². The highest BCUT2D eigenvalue weighted by molar-refractivity contribution is 4.78. The van der Waals surface area contributed by atoms with Crippen LogP contribution in [-0.2, 0) is 4.74 Å². The zero-order valence-electron chi connectivity index (χ0n) is 9.33. The van der Waals surface area contributed by atoms with E-state index in [1.807, 2.05) is 0 Å². The molecule has 3 nitrogen and oxygen atoms in total. The van der Waals surface area contributed by atoms with Gasteiger partial charge in [-0.05, 0) is 45.8 Å². The van der Waals surface area contributed by atoms with Crippen LogP contribution in [0.15, 0.2) is 0 Å². The molecule has 2 heterocycles. The van der Waals surface area contributed by atoms with Crippen molar-refractivity contribution in [3.8, 4) is 0 Å². The van der Waals surface area contributed by atoms with Crippen molar-refractivity contribution in [1.82, 2.24) is 10.2 Å². The van der Waals surface area contributed by atoms with Gasteiger partial charge in [0, 0.05) is 13.1 Å². The molecule has 0 amide bonds. The maximum absolute atomic E-state index is 5.71. The molecule has 0 saturated carbocycles. The van der Waals surface area contributed by atoms with Crippen molar-refractivity contribution in [1.29, 1.82) is 0 Å². The molecule has 0 aromatic rings. The first-order valence-corrected chi connectivity index (χ1v) is 5.82. The van der Waals surface area contributed by atoms with Gasteiger partial charge >= 0.3 is 0 Å². The second-order valence-electron chi connectivity index (χ2n) is 4.83. The van der Waals surface area contributed by atoms with Gasteiger partial charge in [-0.25, -0.2) is 0 Å². The van der Waals surface area contributed by atoms with E-state index in [4.69, 9.17) is 4.74 Å². The summed E-state index contributed by atoms with van der Waals surface area (Å²) in [5, 5.41) is 3.32. The minimum atomic E-state index is 0.415. The molecule has 0 bridgehead atoms. The Hall–Kier alpha value is -0.120. The molecule has 0 aromatic carbocycles. The van der Waals surface area contributed by atoms with Crippen LogP contribution in [0.2, 0.25) is 0 Å². The third kappa shape index (κ3) is 2.69. The second kappa shape index (κ2) is 4.60. The van der Waals surface area contributed by atoms with Crippen LogP contribution in [-0.4, -0.2) is 49.8 Å². The Morgan fingerprint density at radius 1 is 1.21 bits per heavy atom. The molecule has 2 aliphatic heterocycles. The molecule has 0 spiro atoms. The van der Waals surface area contributed by atoms with Gasteiger partial charge in [-0.3, -0.25) is 4.90 Å². The van der Waals surface area contributed by atoms with Crippen LogP contribution in [0.1, 0.15) is 20.3 Å². The number of hydrogen-bond donors (Lipinski definition) is 1. The molecular weight excluding hydrogens is 176 g/mol. The molecule has 0 aromatic heterocycles. The van der Waals surface area contributed by atoms with E-state index in [0.717, 1.165) is 19.0 Å². The molecule has 2 fully saturated rings. The Kier molecular flexibility index (Phi) is 3.42. The molecule has 0 radical (unpaired) electrons. The highest BCUT2D eigenvalue weighted by atomic mass is 16.5. The quantitative estimate of drug-likeness (QED) is 0.722. The normalized spacial score (nSPS) is 35.6. The predicted octanol–water partition coefficient (Wildman–Crippen LogP) is 0.705. The van der Waals surface area contributed by atoms with Crippen molar-refractivity contribution >= 4 is 0 Å². The summed E-state index contributed by atoms with van der Waals surface area (Å²) in [6, 6.07) is 0. The molecular formula is C11H22N2O. The summed E-state index contributed by atoms with van der Waals surface area (Å²) in [6.07, 6.45) is 2.18. The van der Waals surface area contributed by atoms with Crippen molar-refractivity contribution in [2.45, 2.75) is 32.5 Å². The zero-order valence-corrected chi connectivity index (χ0v) is 9.33. The number of ether oxygens (including phenoxy) is 1. The molecule has 2 atom stereocenters. The van der Waals surface area contributed by atoms with Crippen molar-refractivity contribution in [3.05, 3.63) is 0 Å². The van der Waals surface area contributed by atoms with Crippen molar-refractivity contribution in [2.24, 2.45) is 5.92 Å². The summed E-state index contributed by atoms with van der Waals surface area (Å²) in [5.41, 5.74) is 0. The van der Waals surface area contributed by atoms with E-state index in [1.165, 1.54) is 26.1 Å². The molecule has 3 heteroatoms. The number of nitrogens with zero attached hydrogens (tertiary/aromatic N) is 1. The first-order chi connectivity index (χ1) is 6.74. The van der Waals surface area contributed by atoms with Gasteiger partial charge in [-0.15, -0.1) is 0 Å². The Morgan fingerprint density at radius 3 is 2.36 bits per heavy atom. The average molecular weight is 198 g/mol. The van der Waals surface area contributed by atoms with E-state index in [-0.39, 0.29) is 0 Å². The summed E-state index contributed by atoms with van der Waals surface area (Å²) >= 11 is 0. The van der Waals surface area contributed by atoms with Gasteiger partial charge in [0.2, 0.25) is 0 Å². The van der Waals surface area contributed by atoms with Crippen LogP contribution in [0.25, 0.3) is 0 Å². The third-order valence-electron chi connectivity index (χ3n) is 3.21. The predicted molar refractivity (Wildman–Crippen MR) is 57.4 cm³/mol. The lowest BCUT2D eigenvalue weighted by Gasteiger charge is -2.37. The topological polar surface area (TPSA) is 24.5 Å². The van der Waals surface area contributed by atoms with E-state index in [0.29, 0.717) is 12.2 Å². The fraction of sp³-hybridized carbons (Fsp3) is 1.00. The molecule has 14 heavy (non-hydrogen) atoms. The van der Waals surface area contributed by atoms with Gasteiger partial charge in [-0.2, -0.15) is 0 Å². The van der Waals surface area contributed by atoms with E-state index in [1.54, 1.807) is 0 Å². The van der Waals surface area contributed by atoms with Gasteiger partial charge in [0.05, 0.1) is 12.2 Å². The van der Waals surface area contributed by atoms with Crippen LogP contribution in [0.4, 0.5) is 0 Å². The fourth-order valence-electron chi connectivity index (χ4n) is 2.38. The minimum Gasteiger partial charge on any atom is -0.373 e. The largest absolute Gasteiger partial charge is 0.373 e. The number of hydrogen-bond acceptors (Lipinski definition) is 3. The zero-order chi connectivity index (χ0) is 9.97. The van der Waals surface area contributed by atoms with Gasteiger partial charge in [0.25, 0.3) is 0 Å². The highest BCUT2D eigenvalue weighted by Crippen LogP contribution is 2.14. The number of nitrogens with one attached hydrogen (secondary N) is 1. The van der Waals surface area contributed by atoms with Gasteiger partial charge in [-0.1, -0.05) is 0 Å². The third-order valence-corrected chi connectivity index (χ3v) is 3.21. The van der Waals surface area contributed by atoms with Crippen molar-refractivity contribution in [3.63, 3.8) is 0 Å². The average Bonchev–Trinajstić information content (AvgIpc) is 1.99. The molecule has 2 aliphatic rings. The smallest absolute Gasteiger partial charge is 0.0678 e. The van der Waals surface area contributed by atoms with Crippen LogP contribution < -0.4 is 5.32 Å². The number of rotatable bonds is 3. The fourth-order valence-corrected chi connectivity index (χ4v) is 2.38. The lowest BCUT2D eigenvalue weighted by atomic mass is 9.99. The lowest BCUT2D eigenvalue weighted by molar-refractivity contribution is -0.0692. The van der Waals surface area contributed by atoms with Crippen molar-refractivity contribution in [2.75, 3.05) is 32.7 Å². The Labute approximate surface area is 86.8 Å².